The van der Waals surface area contributed by atoms with Crippen molar-refractivity contribution in [2.45, 2.75) is 18.8 Å². The lowest BCUT2D eigenvalue weighted by Crippen LogP contribution is -2.53. The van der Waals surface area contributed by atoms with E-state index >= 15 is 0 Å². The van der Waals surface area contributed by atoms with Gasteiger partial charge in [-0.25, -0.2) is 4.79 Å². The lowest BCUT2D eigenvalue weighted by Gasteiger charge is -2.28. The van der Waals surface area contributed by atoms with Gasteiger partial charge in [-0.15, -0.1) is 11.3 Å². The molecule has 0 saturated heterocycles. The Kier molecular flexibility index (Phi) is 4.36. The molecule has 0 fully saturated rings. The number of carboxylic acid groups (broad SMARTS) is 1. The first kappa shape index (κ1) is 15.6. The van der Waals surface area contributed by atoms with E-state index in [9.17, 15) is 14.6 Å². The van der Waals surface area contributed by atoms with E-state index in [-0.39, 0.29) is 23.6 Å². The van der Waals surface area contributed by atoms with Crippen molar-refractivity contribution in [1.82, 2.24) is 5.32 Å². The molecule has 3 rings (SSSR count). The number of carboxylic acids is 1. The van der Waals surface area contributed by atoms with Gasteiger partial charge >= 0.3 is 13.1 Å². The number of fused-ring (bicyclic) bond motifs is 1. The fourth-order valence-corrected chi connectivity index (χ4v) is 3.25. The molecule has 0 saturated carbocycles. The summed E-state index contributed by atoms with van der Waals surface area (Å²) in [5.41, 5.74) is 0.654. The Morgan fingerprint density at radius 3 is 2.87 bits per heavy atom. The molecule has 3 N–H and O–H groups in total. The molecule has 1 aliphatic rings. The van der Waals surface area contributed by atoms with Gasteiger partial charge in [0.25, 0.3) is 0 Å². The fourth-order valence-electron chi connectivity index (χ4n) is 2.55. The lowest BCUT2D eigenvalue weighted by atomic mass is 9.72. The highest BCUT2D eigenvalue weighted by molar-refractivity contribution is 7.10. The summed E-state index contributed by atoms with van der Waals surface area (Å²) >= 11 is 1.49. The Balaban J connectivity index is 1.72. The molecule has 2 aromatic rings. The number of carbonyl (C=O) groups excluding carboxylic acids is 1. The first-order valence-corrected chi connectivity index (χ1v) is 7.94. The minimum Gasteiger partial charge on any atom is -0.534 e. The Morgan fingerprint density at radius 1 is 1.35 bits per heavy atom. The van der Waals surface area contributed by atoms with E-state index in [2.05, 4.69) is 5.32 Å². The number of aromatic carboxylic acids is 1. The third-order valence-electron chi connectivity index (χ3n) is 3.61. The van der Waals surface area contributed by atoms with Gasteiger partial charge in [-0.05, 0) is 29.5 Å². The van der Waals surface area contributed by atoms with E-state index in [4.69, 9.17) is 9.76 Å². The summed E-state index contributed by atoms with van der Waals surface area (Å²) < 4.78 is 5.34. The van der Waals surface area contributed by atoms with Crippen molar-refractivity contribution in [3.05, 3.63) is 51.7 Å². The van der Waals surface area contributed by atoms with Crippen molar-refractivity contribution >= 4 is 30.3 Å². The van der Waals surface area contributed by atoms with Gasteiger partial charge in [-0.1, -0.05) is 18.2 Å². The van der Waals surface area contributed by atoms with Crippen LogP contribution in [0.2, 0.25) is 0 Å². The zero-order valence-corrected chi connectivity index (χ0v) is 12.9. The molecule has 0 unspecified atom stereocenters. The molecule has 1 aliphatic heterocycles. The standard InChI is InChI=1S/C15H14BNO5S/c18-13(8-10-4-2-6-23-10)17-12-7-9-3-1-5-11(15(19)20)14(9)22-16(12)21/h1-6,12,21H,7-8H2,(H,17,18)(H,19,20)/t12-/m0/s1. The normalized spacial score (nSPS) is 16.4. The van der Waals surface area contributed by atoms with Crippen LogP contribution in [0.15, 0.2) is 35.7 Å². The summed E-state index contributed by atoms with van der Waals surface area (Å²) in [7, 11) is -1.28. The van der Waals surface area contributed by atoms with E-state index in [1.54, 1.807) is 12.1 Å². The Hall–Kier alpha value is -2.32. The molecule has 1 aromatic carbocycles. The second-order valence-corrected chi connectivity index (χ2v) is 6.27. The van der Waals surface area contributed by atoms with Gasteiger partial charge in [0.15, 0.2) is 0 Å². The molecule has 8 heteroatoms. The summed E-state index contributed by atoms with van der Waals surface area (Å²) in [4.78, 5) is 24.2. The molecular formula is C15H14BNO5S. The summed E-state index contributed by atoms with van der Waals surface area (Å²) in [6, 6.07) is 8.51. The Bertz CT molecular complexity index is 733. The molecule has 118 valence electrons. The van der Waals surface area contributed by atoms with Crippen molar-refractivity contribution in [1.29, 1.82) is 0 Å². The topological polar surface area (TPSA) is 95.9 Å². The maximum absolute atomic E-state index is 12.0. The van der Waals surface area contributed by atoms with Crippen LogP contribution in [-0.4, -0.2) is 35.1 Å². The van der Waals surface area contributed by atoms with Gasteiger partial charge in [0.1, 0.15) is 5.75 Å². The highest BCUT2D eigenvalue weighted by atomic mass is 32.1. The van der Waals surface area contributed by atoms with Crippen molar-refractivity contribution < 1.29 is 24.4 Å². The molecule has 0 spiro atoms. The van der Waals surface area contributed by atoms with Gasteiger partial charge in [-0.3, -0.25) is 4.79 Å². The third kappa shape index (κ3) is 3.38. The second kappa shape index (κ2) is 6.43. The fraction of sp³-hybridized carbons (Fsp3) is 0.200. The van der Waals surface area contributed by atoms with Crippen LogP contribution in [0.25, 0.3) is 0 Å². The number of amides is 1. The number of hydrogen-bond donors (Lipinski definition) is 3. The number of benzene rings is 1. The van der Waals surface area contributed by atoms with E-state index in [0.717, 1.165) is 4.88 Å². The minimum atomic E-state index is -1.28. The van der Waals surface area contributed by atoms with Crippen LogP contribution in [0, 0.1) is 0 Å². The van der Waals surface area contributed by atoms with Crippen molar-refractivity contribution in [3.8, 4) is 5.75 Å². The highest BCUT2D eigenvalue weighted by Gasteiger charge is 2.37. The van der Waals surface area contributed by atoms with Crippen molar-refractivity contribution in [3.63, 3.8) is 0 Å². The van der Waals surface area contributed by atoms with E-state index < -0.39 is 19.0 Å². The molecule has 23 heavy (non-hydrogen) atoms. The van der Waals surface area contributed by atoms with Crippen LogP contribution < -0.4 is 9.97 Å². The first-order chi connectivity index (χ1) is 11.0. The SMILES string of the molecule is O=C(Cc1cccs1)N[C@H]1Cc2cccc(C(=O)O)c2OB1O. The second-order valence-electron chi connectivity index (χ2n) is 5.24. The van der Waals surface area contributed by atoms with Crippen LogP contribution in [0.4, 0.5) is 0 Å². The number of carbonyl (C=O) groups is 2. The zero-order chi connectivity index (χ0) is 16.4. The maximum Gasteiger partial charge on any atom is 0.547 e. The predicted octanol–water partition coefficient (Wildman–Crippen LogP) is 1.13. The minimum absolute atomic E-state index is 0.00455. The Morgan fingerprint density at radius 2 is 2.17 bits per heavy atom. The molecule has 0 aliphatic carbocycles. The van der Waals surface area contributed by atoms with Gasteiger partial charge < -0.3 is 20.1 Å². The highest BCUT2D eigenvalue weighted by Crippen LogP contribution is 2.30. The molecule has 2 heterocycles. The lowest BCUT2D eigenvalue weighted by molar-refractivity contribution is -0.120. The van der Waals surface area contributed by atoms with Gasteiger partial charge in [0.05, 0.1) is 17.9 Å². The average Bonchev–Trinajstić information content (AvgIpc) is 3.00. The van der Waals surface area contributed by atoms with E-state index in [0.29, 0.717) is 12.0 Å². The van der Waals surface area contributed by atoms with Crippen LogP contribution in [0.1, 0.15) is 20.8 Å². The summed E-state index contributed by atoms with van der Waals surface area (Å²) in [5.74, 6) is -1.78. The van der Waals surface area contributed by atoms with Crippen LogP contribution in [0.5, 0.6) is 5.75 Å². The number of nitrogens with one attached hydrogen (secondary N) is 1. The Labute approximate surface area is 136 Å². The monoisotopic (exact) mass is 331 g/mol. The molecule has 0 bridgehead atoms. The van der Waals surface area contributed by atoms with Crippen molar-refractivity contribution in [2.24, 2.45) is 0 Å². The van der Waals surface area contributed by atoms with Gasteiger partial charge in [0.2, 0.25) is 5.91 Å². The molecule has 1 atom stereocenters. The number of rotatable bonds is 4. The summed E-state index contributed by atoms with van der Waals surface area (Å²) in [6.07, 6.45) is 0.552. The van der Waals surface area contributed by atoms with Crippen molar-refractivity contribution in [2.75, 3.05) is 0 Å². The van der Waals surface area contributed by atoms with E-state index in [1.807, 2.05) is 17.5 Å². The molecule has 1 amide bonds. The predicted molar refractivity (Wildman–Crippen MR) is 85.7 cm³/mol. The number of hydrogen-bond acceptors (Lipinski definition) is 5. The van der Waals surface area contributed by atoms with Crippen LogP contribution >= 0.6 is 11.3 Å². The van der Waals surface area contributed by atoms with Crippen LogP contribution in [-0.2, 0) is 17.6 Å². The average molecular weight is 331 g/mol. The maximum atomic E-state index is 12.0. The molecule has 1 aromatic heterocycles. The number of para-hydroxylation sites is 1. The molecular weight excluding hydrogens is 317 g/mol. The van der Waals surface area contributed by atoms with Gasteiger partial charge in [-0.2, -0.15) is 0 Å². The van der Waals surface area contributed by atoms with E-state index in [1.165, 1.54) is 17.4 Å². The largest absolute Gasteiger partial charge is 0.547 e. The summed E-state index contributed by atoms with van der Waals surface area (Å²) in [6.45, 7) is 0. The first-order valence-electron chi connectivity index (χ1n) is 7.06. The molecule has 0 radical (unpaired) electrons. The smallest absolute Gasteiger partial charge is 0.534 e. The zero-order valence-electron chi connectivity index (χ0n) is 12.1. The third-order valence-corrected chi connectivity index (χ3v) is 4.49. The van der Waals surface area contributed by atoms with Gasteiger partial charge in [0, 0.05) is 4.88 Å². The number of thiophene rings is 1. The quantitative estimate of drug-likeness (QED) is 0.730. The van der Waals surface area contributed by atoms with Crippen LogP contribution in [0.3, 0.4) is 0 Å². The summed E-state index contributed by atoms with van der Waals surface area (Å²) in [5, 5.41) is 23.9. The molecule has 6 nitrogen and oxygen atoms in total.